The standard InChI is InChI=1S/C19H18ClN5O2S2/c1-24-8-6-21-18(24)29-15-5-4-12(20)9-14(15)23-16(26)10-13-11-28-19(22-13)25-7-2-3-17(25)27/h4-6,8-9,11H,2-3,7,10H2,1H3,(H,23,26). The molecule has 4 rings (SSSR count). The minimum absolute atomic E-state index is 0.0882. The van der Waals surface area contributed by atoms with E-state index in [1.54, 1.807) is 23.2 Å². The molecular weight excluding hydrogens is 430 g/mol. The lowest BCUT2D eigenvalue weighted by Crippen LogP contribution is -2.23. The third-order valence-corrected chi connectivity index (χ3v) is 6.68. The smallest absolute Gasteiger partial charge is 0.230 e. The number of amides is 2. The van der Waals surface area contributed by atoms with Gasteiger partial charge in [0, 0.05) is 47.7 Å². The van der Waals surface area contributed by atoms with Crippen LogP contribution in [0, 0.1) is 0 Å². The fourth-order valence-electron chi connectivity index (χ4n) is 2.95. The van der Waals surface area contributed by atoms with Crippen LogP contribution in [0.1, 0.15) is 18.5 Å². The predicted octanol–water partition coefficient (Wildman–Crippen LogP) is 3.99. The molecule has 150 valence electrons. The summed E-state index contributed by atoms with van der Waals surface area (Å²) in [5.74, 6) is -0.108. The van der Waals surface area contributed by atoms with Gasteiger partial charge < -0.3 is 9.88 Å². The Morgan fingerprint density at radius 3 is 3.00 bits per heavy atom. The van der Waals surface area contributed by atoms with E-state index in [1.807, 2.05) is 29.3 Å². The molecule has 3 heterocycles. The van der Waals surface area contributed by atoms with E-state index >= 15 is 0 Å². The molecule has 0 spiro atoms. The zero-order valence-corrected chi connectivity index (χ0v) is 18.0. The summed E-state index contributed by atoms with van der Waals surface area (Å²) in [6.07, 6.45) is 5.11. The Kier molecular flexibility index (Phi) is 5.89. The molecule has 2 aromatic heterocycles. The van der Waals surface area contributed by atoms with E-state index in [9.17, 15) is 9.59 Å². The average molecular weight is 448 g/mol. The van der Waals surface area contributed by atoms with Crippen LogP contribution in [0.15, 0.2) is 46.0 Å². The SMILES string of the molecule is Cn1ccnc1Sc1ccc(Cl)cc1NC(=O)Cc1csc(N2CCCC2=O)n1. The van der Waals surface area contributed by atoms with Crippen molar-refractivity contribution in [2.24, 2.45) is 7.05 Å². The fraction of sp³-hybridized carbons (Fsp3) is 0.263. The highest BCUT2D eigenvalue weighted by Gasteiger charge is 2.24. The van der Waals surface area contributed by atoms with Gasteiger partial charge in [0.05, 0.1) is 17.8 Å². The van der Waals surface area contributed by atoms with Crippen LogP contribution in [0.4, 0.5) is 10.8 Å². The predicted molar refractivity (Wildman–Crippen MR) is 115 cm³/mol. The number of halogens is 1. The molecule has 0 radical (unpaired) electrons. The number of hydrogen-bond acceptors (Lipinski definition) is 6. The maximum Gasteiger partial charge on any atom is 0.230 e. The molecule has 7 nitrogen and oxygen atoms in total. The summed E-state index contributed by atoms with van der Waals surface area (Å²) >= 11 is 8.97. The molecule has 1 aromatic carbocycles. The molecule has 2 amide bonds. The van der Waals surface area contributed by atoms with Crippen molar-refractivity contribution in [2.45, 2.75) is 29.3 Å². The number of thiazole rings is 1. The number of carbonyl (C=O) groups is 2. The first-order valence-corrected chi connectivity index (χ1v) is 11.1. The largest absolute Gasteiger partial charge is 0.329 e. The Morgan fingerprint density at radius 1 is 1.41 bits per heavy atom. The molecule has 0 saturated carbocycles. The number of carbonyl (C=O) groups excluding carboxylic acids is 2. The lowest BCUT2D eigenvalue weighted by Gasteiger charge is -2.11. The van der Waals surface area contributed by atoms with Gasteiger partial charge in [0.1, 0.15) is 0 Å². The zero-order valence-electron chi connectivity index (χ0n) is 15.6. The van der Waals surface area contributed by atoms with Gasteiger partial charge in [-0.25, -0.2) is 9.97 Å². The summed E-state index contributed by atoms with van der Waals surface area (Å²) in [6, 6.07) is 5.36. The lowest BCUT2D eigenvalue weighted by molar-refractivity contribution is -0.117. The summed E-state index contributed by atoms with van der Waals surface area (Å²) < 4.78 is 1.90. The molecule has 29 heavy (non-hydrogen) atoms. The van der Waals surface area contributed by atoms with Crippen molar-refractivity contribution in [3.05, 3.63) is 46.7 Å². The third kappa shape index (κ3) is 4.63. The second-order valence-electron chi connectivity index (χ2n) is 6.56. The van der Waals surface area contributed by atoms with E-state index in [0.717, 1.165) is 16.5 Å². The van der Waals surface area contributed by atoms with Gasteiger partial charge >= 0.3 is 0 Å². The van der Waals surface area contributed by atoms with Gasteiger partial charge in [0.2, 0.25) is 11.8 Å². The lowest BCUT2D eigenvalue weighted by atomic mass is 10.3. The maximum absolute atomic E-state index is 12.6. The molecule has 3 aromatic rings. The average Bonchev–Trinajstić information content (AvgIpc) is 3.40. The maximum atomic E-state index is 12.6. The van der Waals surface area contributed by atoms with Crippen LogP contribution < -0.4 is 10.2 Å². The third-order valence-electron chi connectivity index (χ3n) is 4.38. The second kappa shape index (κ2) is 8.56. The van der Waals surface area contributed by atoms with Gasteiger partial charge in [-0.3, -0.25) is 14.5 Å². The number of nitrogens with zero attached hydrogens (tertiary/aromatic N) is 4. The molecular formula is C19H18ClN5O2S2. The molecule has 0 aliphatic carbocycles. The Bertz CT molecular complexity index is 1060. The number of anilines is 2. The van der Waals surface area contributed by atoms with Gasteiger partial charge in [-0.2, -0.15) is 0 Å². The van der Waals surface area contributed by atoms with E-state index in [4.69, 9.17) is 11.6 Å². The number of benzene rings is 1. The van der Waals surface area contributed by atoms with Crippen molar-refractivity contribution in [1.82, 2.24) is 14.5 Å². The van der Waals surface area contributed by atoms with E-state index < -0.39 is 0 Å². The normalized spacial score (nSPS) is 13.9. The summed E-state index contributed by atoms with van der Waals surface area (Å²) in [4.78, 5) is 35.8. The Hall–Kier alpha value is -2.36. The molecule has 0 unspecified atom stereocenters. The quantitative estimate of drug-likeness (QED) is 0.618. The molecule has 0 bridgehead atoms. The molecule has 10 heteroatoms. The van der Waals surface area contributed by atoms with Crippen LogP contribution in [0.25, 0.3) is 0 Å². The number of imidazole rings is 1. The van der Waals surface area contributed by atoms with E-state index in [1.165, 1.54) is 23.1 Å². The number of hydrogen-bond donors (Lipinski definition) is 1. The van der Waals surface area contributed by atoms with Crippen LogP contribution in [0.5, 0.6) is 0 Å². The van der Waals surface area contributed by atoms with Gasteiger partial charge in [-0.15, -0.1) is 11.3 Å². The molecule has 1 saturated heterocycles. The number of nitrogens with one attached hydrogen (secondary N) is 1. The van der Waals surface area contributed by atoms with Crippen LogP contribution in [0.2, 0.25) is 5.02 Å². The first kappa shape index (κ1) is 19.9. The van der Waals surface area contributed by atoms with Crippen molar-refractivity contribution in [3.63, 3.8) is 0 Å². The van der Waals surface area contributed by atoms with E-state index in [2.05, 4.69) is 15.3 Å². The minimum Gasteiger partial charge on any atom is -0.329 e. The number of aromatic nitrogens is 3. The topological polar surface area (TPSA) is 80.1 Å². The highest BCUT2D eigenvalue weighted by molar-refractivity contribution is 7.99. The van der Waals surface area contributed by atoms with E-state index in [-0.39, 0.29) is 18.2 Å². The Labute approximate surface area is 181 Å². The number of aryl methyl sites for hydroxylation is 1. The van der Waals surface area contributed by atoms with Crippen LogP contribution in [0.3, 0.4) is 0 Å². The molecule has 1 aliphatic heterocycles. The summed E-state index contributed by atoms with van der Waals surface area (Å²) in [5.41, 5.74) is 1.27. The zero-order chi connectivity index (χ0) is 20.4. The van der Waals surface area contributed by atoms with Crippen LogP contribution in [-0.2, 0) is 23.1 Å². The monoisotopic (exact) mass is 447 g/mol. The van der Waals surface area contributed by atoms with Crippen molar-refractivity contribution in [3.8, 4) is 0 Å². The first-order chi connectivity index (χ1) is 14.0. The number of rotatable bonds is 6. The van der Waals surface area contributed by atoms with Crippen LogP contribution >= 0.6 is 34.7 Å². The minimum atomic E-state index is -0.196. The van der Waals surface area contributed by atoms with Crippen molar-refractivity contribution >= 4 is 57.3 Å². The fourth-order valence-corrected chi connectivity index (χ4v) is 4.86. The van der Waals surface area contributed by atoms with Crippen molar-refractivity contribution in [1.29, 1.82) is 0 Å². The highest BCUT2D eigenvalue weighted by atomic mass is 35.5. The van der Waals surface area contributed by atoms with Crippen molar-refractivity contribution in [2.75, 3.05) is 16.8 Å². The molecule has 1 fully saturated rings. The van der Waals surface area contributed by atoms with Crippen molar-refractivity contribution < 1.29 is 9.59 Å². The second-order valence-corrected chi connectivity index (χ2v) is 8.84. The first-order valence-electron chi connectivity index (χ1n) is 8.99. The van der Waals surface area contributed by atoms with Gasteiger partial charge in [-0.05, 0) is 36.4 Å². The molecule has 1 N–H and O–H groups in total. The summed E-state index contributed by atoms with van der Waals surface area (Å²) in [6.45, 7) is 0.689. The van der Waals surface area contributed by atoms with Crippen LogP contribution in [-0.4, -0.2) is 32.9 Å². The van der Waals surface area contributed by atoms with Gasteiger partial charge in [0.25, 0.3) is 0 Å². The van der Waals surface area contributed by atoms with Gasteiger partial charge in [0.15, 0.2) is 10.3 Å². The highest BCUT2D eigenvalue weighted by Crippen LogP contribution is 2.34. The Balaban J connectivity index is 1.46. The Morgan fingerprint density at radius 2 is 2.28 bits per heavy atom. The summed E-state index contributed by atoms with van der Waals surface area (Å²) in [5, 5.41) is 6.74. The molecule has 0 atom stereocenters. The molecule has 1 aliphatic rings. The van der Waals surface area contributed by atoms with E-state index in [0.29, 0.717) is 34.5 Å². The summed E-state index contributed by atoms with van der Waals surface area (Å²) in [7, 11) is 1.91. The van der Waals surface area contributed by atoms with Gasteiger partial charge in [-0.1, -0.05) is 11.6 Å².